The van der Waals surface area contributed by atoms with Crippen LogP contribution in [-0.4, -0.2) is 5.78 Å². The van der Waals surface area contributed by atoms with E-state index in [1.54, 1.807) is 0 Å². The predicted octanol–water partition coefficient (Wildman–Crippen LogP) is 3.65. The number of rotatable bonds is 1. The van der Waals surface area contributed by atoms with Gasteiger partial charge in [0, 0.05) is 5.56 Å². The summed E-state index contributed by atoms with van der Waals surface area (Å²) in [6.07, 6.45) is -4.65. The molecule has 82 valence electrons. The number of benzene rings is 1. The van der Waals surface area contributed by atoms with Gasteiger partial charge in [-0.25, -0.2) is 4.39 Å². The average molecular weight is 332 g/mol. The maximum Gasteiger partial charge on any atom is 0.417 e. The number of ketones is 1. The zero-order valence-corrected chi connectivity index (χ0v) is 9.61. The topological polar surface area (TPSA) is 17.1 Å². The van der Waals surface area contributed by atoms with Gasteiger partial charge in [0.15, 0.2) is 5.78 Å². The van der Waals surface area contributed by atoms with Crippen LogP contribution in [0.1, 0.15) is 22.8 Å². The standard InChI is InChI=1S/C9H5F4IO/c1-4(15)5-2-6(9(11,12)13)8(14)7(10)3-5/h2-3H,1H3. The van der Waals surface area contributed by atoms with Gasteiger partial charge >= 0.3 is 6.18 Å². The van der Waals surface area contributed by atoms with Gasteiger partial charge in [0.1, 0.15) is 5.82 Å². The van der Waals surface area contributed by atoms with Crippen LogP contribution in [0.15, 0.2) is 12.1 Å². The van der Waals surface area contributed by atoms with Gasteiger partial charge in [-0.1, -0.05) is 0 Å². The molecule has 0 aliphatic heterocycles. The number of carbonyl (C=O) groups excluding carboxylic acids is 1. The lowest BCUT2D eigenvalue weighted by Crippen LogP contribution is -2.11. The third-order valence-electron chi connectivity index (χ3n) is 1.74. The molecule has 0 amide bonds. The van der Waals surface area contributed by atoms with Crippen molar-refractivity contribution in [1.29, 1.82) is 0 Å². The highest BCUT2D eigenvalue weighted by molar-refractivity contribution is 14.1. The van der Waals surface area contributed by atoms with Crippen LogP contribution in [0.3, 0.4) is 0 Å². The summed E-state index contributed by atoms with van der Waals surface area (Å²) < 4.78 is 49.7. The third kappa shape index (κ3) is 2.67. The van der Waals surface area contributed by atoms with E-state index in [1.807, 2.05) is 0 Å². The Bertz CT molecular complexity index is 411. The Labute approximate surface area is 96.6 Å². The molecule has 15 heavy (non-hydrogen) atoms. The molecular formula is C9H5F4IO. The van der Waals surface area contributed by atoms with Crippen molar-refractivity contribution in [1.82, 2.24) is 0 Å². The summed E-state index contributed by atoms with van der Waals surface area (Å²) in [6.45, 7) is 1.09. The highest BCUT2D eigenvalue weighted by atomic mass is 127. The van der Waals surface area contributed by atoms with E-state index in [1.165, 1.54) is 22.6 Å². The van der Waals surface area contributed by atoms with E-state index in [0.717, 1.165) is 13.0 Å². The number of carbonyl (C=O) groups is 1. The largest absolute Gasteiger partial charge is 0.417 e. The van der Waals surface area contributed by atoms with Crippen LogP contribution in [-0.2, 0) is 6.18 Å². The summed E-state index contributed by atoms with van der Waals surface area (Å²) in [4.78, 5) is 10.9. The summed E-state index contributed by atoms with van der Waals surface area (Å²) in [5.74, 6) is -1.63. The summed E-state index contributed by atoms with van der Waals surface area (Å²) in [6, 6.07) is 1.46. The van der Waals surface area contributed by atoms with Crippen molar-refractivity contribution in [2.75, 3.05) is 0 Å². The second-order valence-corrected chi connectivity index (χ2v) is 3.95. The Morgan fingerprint density at radius 3 is 2.27 bits per heavy atom. The second-order valence-electron chi connectivity index (χ2n) is 2.87. The molecule has 0 fully saturated rings. The van der Waals surface area contributed by atoms with Gasteiger partial charge in [-0.15, -0.1) is 0 Å². The molecule has 0 heterocycles. The van der Waals surface area contributed by atoms with Crippen molar-refractivity contribution < 1.29 is 22.4 Å². The van der Waals surface area contributed by atoms with Gasteiger partial charge in [0.05, 0.1) is 9.13 Å². The first kappa shape index (κ1) is 12.4. The maximum absolute atomic E-state index is 13.1. The number of hydrogen-bond donors (Lipinski definition) is 0. The average Bonchev–Trinajstić information content (AvgIpc) is 2.06. The monoisotopic (exact) mass is 332 g/mol. The molecule has 0 aromatic heterocycles. The highest BCUT2D eigenvalue weighted by Crippen LogP contribution is 2.34. The fourth-order valence-corrected chi connectivity index (χ4v) is 1.62. The number of alkyl halides is 3. The molecule has 0 bridgehead atoms. The molecule has 0 atom stereocenters. The van der Waals surface area contributed by atoms with Crippen LogP contribution in [0.2, 0.25) is 0 Å². The van der Waals surface area contributed by atoms with Crippen molar-refractivity contribution in [2.24, 2.45) is 0 Å². The molecule has 1 nitrogen and oxygen atoms in total. The minimum absolute atomic E-state index is 0.278. The van der Waals surface area contributed by atoms with Gasteiger partial charge in [0.25, 0.3) is 0 Å². The summed E-state index contributed by atoms with van der Waals surface area (Å²) >= 11 is 1.26. The van der Waals surface area contributed by atoms with Crippen LogP contribution in [0.4, 0.5) is 17.6 Å². The fourth-order valence-electron chi connectivity index (χ4n) is 0.999. The molecule has 0 aliphatic carbocycles. The Hall–Kier alpha value is -0.660. The minimum atomic E-state index is -4.65. The molecule has 0 unspecified atom stereocenters. The molecule has 0 spiro atoms. The van der Waals surface area contributed by atoms with E-state index in [9.17, 15) is 22.4 Å². The van der Waals surface area contributed by atoms with Crippen LogP contribution >= 0.6 is 22.6 Å². The fraction of sp³-hybridized carbons (Fsp3) is 0.222. The van der Waals surface area contributed by atoms with Crippen LogP contribution in [0.5, 0.6) is 0 Å². The normalized spacial score (nSPS) is 11.6. The van der Waals surface area contributed by atoms with Crippen molar-refractivity contribution in [3.8, 4) is 0 Å². The smallest absolute Gasteiger partial charge is 0.295 e. The first-order valence-corrected chi connectivity index (χ1v) is 4.88. The first-order chi connectivity index (χ1) is 6.73. The predicted molar refractivity (Wildman–Crippen MR) is 54.1 cm³/mol. The Kier molecular flexibility index (Phi) is 3.37. The molecule has 0 saturated carbocycles. The SMILES string of the molecule is CC(=O)c1cc(F)c(I)c(C(F)(F)F)c1. The Morgan fingerprint density at radius 2 is 1.87 bits per heavy atom. The zero-order chi connectivity index (χ0) is 11.8. The van der Waals surface area contributed by atoms with Gasteiger partial charge in [-0.05, 0) is 41.6 Å². The Balaban J connectivity index is 3.45. The van der Waals surface area contributed by atoms with E-state index in [4.69, 9.17) is 0 Å². The Morgan fingerprint density at radius 1 is 1.33 bits per heavy atom. The molecule has 1 aromatic rings. The molecule has 0 N–H and O–H groups in total. The van der Waals surface area contributed by atoms with E-state index < -0.39 is 26.9 Å². The third-order valence-corrected chi connectivity index (χ3v) is 2.84. The second kappa shape index (κ2) is 4.07. The van der Waals surface area contributed by atoms with Gasteiger partial charge in [-0.2, -0.15) is 13.2 Å². The number of halogens is 5. The first-order valence-electron chi connectivity index (χ1n) is 3.80. The maximum atomic E-state index is 13.1. The van der Waals surface area contributed by atoms with Gasteiger partial charge in [0.2, 0.25) is 0 Å². The quantitative estimate of drug-likeness (QED) is 0.436. The van der Waals surface area contributed by atoms with Crippen molar-refractivity contribution >= 4 is 28.4 Å². The van der Waals surface area contributed by atoms with E-state index in [2.05, 4.69) is 0 Å². The molecular weight excluding hydrogens is 327 g/mol. The van der Waals surface area contributed by atoms with Crippen molar-refractivity contribution in [3.63, 3.8) is 0 Å². The van der Waals surface area contributed by atoms with Crippen LogP contribution < -0.4 is 0 Å². The van der Waals surface area contributed by atoms with E-state index >= 15 is 0 Å². The molecule has 6 heteroatoms. The minimum Gasteiger partial charge on any atom is -0.295 e. The summed E-state index contributed by atoms with van der Waals surface area (Å²) in [5, 5.41) is 0. The van der Waals surface area contributed by atoms with E-state index in [-0.39, 0.29) is 5.56 Å². The van der Waals surface area contributed by atoms with Crippen LogP contribution in [0.25, 0.3) is 0 Å². The highest BCUT2D eigenvalue weighted by Gasteiger charge is 2.34. The van der Waals surface area contributed by atoms with Gasteiger partial charge < -0.3 is 0 Å². The summed E-state index contributed by atoms with van der Waals surface area (Å²) in [5.41, 5.74) is -1.39. The molecule has 0 aliphatic rings. The lowest BCUT2D eigenvalue weighted by Gasteiger charge is -2.10. The number of Topliss-reactive ketones (excluding diaryl/α,β-unsaturated/α-hetero) is 1. The van der Waals surface area contributed by atoms with Crippen molar-refractivity contribution in [3.05, 3.63) is 32.6 Å². The van der Waals surface area contributed by atoms with Crippen molar-refractivity contribution in [2.45, 2.75) is 13.1 Å². The lowest BCUT2D eigenvalue weighted by molar-refractivity contribution is -0.138. The number of hydrogen-bond acceptors (Lipinski definition) is 1. The van der Waals surface area contributed by atoms with Gasteiger partial charge in [-0.3, -0.25) is 4.79 Å². The molecule has 0 saturated heterocycles. The lowest BCUT2D eigenvalue weighted by atomic mass is 10.1. The van der Waals surface area contributed by atoms with Crippen LogP contribution in [0, 0.1) is 9.39 Å². The molecule has 0 radical (unpaired) electrons. The van der Waals surface area contributed by atoms with E-state index in [0.29, 0.717) is 6.07 Å². The molecule has 1 aromatic carbocycles. The summed E-state index contributed by atoms with van der Waals surface area (Å²) in [7, 11) is 0. The zero-order valence-electron chi connectivity index (χ0n) is 7.45. The molecule has 1 rings (SSSR count).